The second-order valence-corrected chi connectivity index (χ2v) is 12.0. The minimum Gasteiger partial charge on any atom is -0.444 e. The average molecular weight is 580 g/mol. The molecule has 5 rings (SSSR count). The Bertz CT molecular complexity index is 1640. The number of hydrogen-bond acceptors (Lipinski definition) is 8. The van der Waals surface area contributed by atoms with E-state index in [9.17, 15) is 14.4 Å². The summed E-state index contributed by atoms with van der Waals surface area (Å²) in [4.78, 5) is 46.9. The number of pyridine rings is 1. The molecule has 4 heterocycles. The van der Waals surface area contributed by atoms with Gasteiger partial charge in [-0.05, 0) is 57.9 Å². The molecule has 41 heavy (non-hydrogen) atoms. The Morgan fingerprint density at radius 2 is 1.98 bits per heavy atom. The Hall–Kier alpha value is -4.39. The molecule has 0 bridgehead atoms. The van der Waals surface area contributed by atoms with Crippen LogP contribution in [-0.2, 0) is 11.8 Å². The van der Waals surface area contributed by atoms with Gasteiger partial charge in [-0.3, -0.25) is 19.2 Å². The van der Waals surface area contributed by atoms with Gasteiger partial charge < -0.3 is 15.4 Å². The minimum absolute atomic E-state index is 0.158. The number of nitrogens with zero attached hydrogens (tertiary/aromatic N) is 6. The van der Waals surface area contributed by atoms with Gasteiger partial charge >= 0.3 is 6.09 Å². The summed E-state index contributed by atoms with van der Waals surface area (Å²) in [5.74, 6) is -1.71. The molecule has 2 N–H and O–H groups in total. The first-order valence-electron chi connectivity index (χ1n) is 13.1. The number of hydrogen-bond donors (Lipinski definition) is 1. The van der Waals surface area contributed by atoms with Crippen LogP contribution in [0.4, 0.5) is 15.0 Å². The molecule has 214 valence electrons. The molecule has 0 saturated carbocycles. The summed E-state index contributed by atoms with van der Waals surface area (Å²) in [6.45, 7) is 5.97. The van der Waals surface area contributed by atoms with Gasteiger partial charge in [-0.2, -0.15) is 0 Å². The lowest BCUT2D eigenvalue weighted by Crippen LogP contribution is -2.53. The molecule has 0 spiro atoms. The normalized spacial score (nSPS) is 15.6. The highest BCUT2D eigenvalue weighted by molar-refractivity contribution is 7.20. The van der Waals surface area contributed by atoms with Crippen molar-refractivity contribution in [2.45, 2.75) is 45.3 Å². The average Bonchev–Trinajstić information content (AvgIpc) is 3.55. The number of amides is 3. The summed E-state index contributed by atoms with van der Waals surface area (Å²) in [7, 11) is 1.70. The van der Waals surface area contributed by atoms with Gasteiger partial charge in [0.25, 0.3) is 11.8 Å². The fraction of sp³-hybridized carbons (Fsp3) is 0.357. The number of aryl methyl sites for hydroxylation is 1. The van der Waals surface area contributed by atoms with Crippen molar-refractivity contribution in [3.05, 3.63) is 59.0 Å². The number of anilines is 1. The van der Waals surface area contributed by atoms with Crippen molar-refractivity contribution in [2.24, 2.45) is 12.8 Å². The zero-order valence-electron chi connectivity index (χ0n) is 23.1. The molecule has 1 aromatic carbocycles. The molecular weight excluding hydrogens is 549 g/mol. The van der Waals surface area contributed by atoms with Crippen molar-refractivity contribution in [3.63, 3.8) is 0 Å². The third kappa shape index (κ3) is 5.89. The number of benzene rings is 1. The maximum Gasteiger partial charge on any atom is 0.410 e. The first kappa shape index (κ1) is 28.1. The molecule has 3 aromatic heterocycles. The highest BCUT2D eigenvalue weighted by Crippen LogP contribution is 2.35. The summed E-state index contributed by atoms with van der Waals surface area (Å²) in [6, 6.07) is 7.03. The molecule has 0 aliphatic carbocycles. The number of carbonyl (C=O) groups is 3. The molecular formula is C28H30FN7O4S. The van der Waals surface area contributed by atoms with Crippen LogP contribution >= 0.6 is 11.3 Å². The second kappa shape index (κ2) is 10.9. The third-order valence-corrected chi connectivity index (χ3v) is 7.74. The summed E-state index contributed by atoms with van der Waals surface area (Å²) >= 11 is 1.18. The van der Waals surface area contributed by atoms with Crippen molar-refractivity contribution in [2.75, 3.05) is 18.0 Å². The number of piperidine rings is 1. The number of nitrogens with two attached hydrogens (primary N) is 1. The molecule has 1 atom stereocenters. The van der Waals surface area contributed by atoms with Gasteiger partial charge in [-0.1, -0.05) is 11.3 Å². The summed E-state index contributed by atoms with van der Waals surface area (Å²) in [5.41, 5.74) is 5.61. The van der Waals surface area contributed by atoms with Crippen LogP contribution < -0.4 is 10.6 Å². The van der Waals surface area contributed by atoms with Crippen LogP contribution in [0.1, 0.15) is 53.6 Å². The minimum atomic E-state index is -0.738. The van der Waals surface area contributed by atoms with Gasteiger partial charge in [0.1, 0.15) is 22.9 Å². The fourth-order valence-corrected chi connectivity index (χ4v) is 5.72. The van der Waals surface area contributed by atoms with E-state index in [-0.39, 0.29) is 17.9 Å². The number of rotatable bonds is 5. The van der Waals surface area contributed by atoms with E-state index in [1.165, 1.54) is 39.2 Å². The molecule has 3 amide bonds. The predicted molar refractivity (Wildman–Crippen MR) is 152 cm³/mol. The highest BCUT2D eigenvalue weighted by Gasteiger charge is 2.36. The van der Waals surface area contributed by atoms with Gasteiger partial charge in [0.2, 0.25) is 0 Å². The molecule has 0 unspecified atom stereocenters. The lowest BCUT2D eigenvalue weighted by atomic mass is 10.0. The summed E-state index contributed by atoms with van der Waals surface area (Å²) < 4.78 is 23.4. The SMILES string of the molecule is Cn1cc(-c2ccc(C(=O)N(c3nccc4sc(C(N)=O)cc34)[C@@H]3CCCN(C(=O)OC(C)(C)C)C3)c(F)c2)nn1. The van der Waals surface area contributed by atoms with E-state index < -0.39 is 35.4 Å². The number of fused-ring (bicyclic) bond motifs is 1. The van der Waals surface area contributed by atoms with Gasteiger partial charge in [-0.25, -0.2) is 14.2 Å². The van der Waals surface area contributed by atoms with E-state index in [2.05, 4.69) is 15.3 Å². The quantitative estimate of drug-likeness (QED) is 0.371. The van der Waals surface area contributed by atoms with Crippen LogP contribution in [-0.4, -0.2) is 67.5 Å². The zero-order chi connectivity index (χ0) is 29.5. The van der Waals surface area contributed by atoms with Crippen LogP contribution in [0, 0.1) is 5.82 Å². The van der Waals surface area contributed by atoms with Crippen molar-refractivity contribution in [1.82, 2.24) is 24.9 Å². The first-order chi connectivity index (χ1) is 19.4. The van der Waals surface area contributed by atoms with Crippen LogP contribution in [0.2, 0.25) is 0 Å². The van der Waals surface area contributed by atoms with E-state index >= 15 is 4.39 Å². The predicted octanol–water partition coefficient (Wildman–Crippen LogP) is 4.38. The Morgan fingerprint density at radius 1 is 1.20 bits per heavy atom. The van der Waals surface area contributed by atoms with Gasteiger partial charge in [-0.15, -0.1) is 16.4 Å². The Balaban J connectivity index is 1.57. The standard InChI is InChI=1S/C28H30FN7O4S/c1-28(2,3)40-27(39)35-11-5-6-17(14-35)36(25-19-13-23(24(30)37)41-22(19)9-10-31-25)26(38)18-8-7-16(12-20(18)29)21-15-34(4)33-32-21/h7-10,12-13,15,17H,5-6,11,14H2,1-4H3,(H2,30,37)/t17-/m1/s1. The number of aromatic nitrogens is 4. The van der Waals surface area contributed by atoms with Gasteiger partial charge in [0.15, 0.2) is 0 Å². The van der Waals surface area contributed by atoms with E-state index in [1.807, 2.05) is 0 Å². The first-order valence-corrected chi connectivity index (χ1v) is 13.9. The number of primary amides is 1. The highest BCUT2D eigenvalue weighted by atomic mass is 32.1. The van der Waals surface area contributed by atoms with Crippen molar-refractivity contribution in [3.8, 4) is 11.3 Å². The molecule has 4 aromatic rings. The Kier molecular flexibility index (Phi) is 7.47. The molecule has 1 aliphatic heterocycles. The third-order valence-electron chi connectivity index (χ3n) is 6.63. The van der Waals surface area contributed by atoms with Crippen LogP contribution in [0.3, 0.4) is 0 Å². The monoisotopic (exact) mass is 579 g/mol. The van der Waals surface area contributed by atoms with Crippen LogP contribution in [0.25, 0.3) is 21.3 Å². The summed E-state index contributed by atoms with van der Waals surface area (Å²) in [5, 5.41) is 8.43. The van der Waals surface area contributed by atoms with E-state index in [4.69, 9.17) is 10.5 Å². The number of halogens is 1. The Labute approximate surface area is 239 Å². The lowest BCUT2D eigenvalue weighted by molar-refractivity contribution is 0.0196. The number of carbonyl (C=O) groups excluding carboxylic acids is 3. The molecule has 1 saturated heterocycles. The fourth-order valence-electron chi connectivity index (χ4n) is 4.81. The lowest BCUT2D eigenvalue weighted by Gasteiger charge is -2.39. The van der Waals surface area contributed by atoms with E-state index in [0.29, 0.717) is 45.6 Å². The van der Waals surface area contributed by atoms with Crippen molar-refractivity contribution in [1.29, 1.82) is 0 Å². The van der Waals surface area contributed by atoms with E-state index in [1.54, 1.807) is 57.1 Å². The van der Waals surface area contributed by atoms with Crippen molar-refractivity contribution >= 4 is 45.1 Å². The van der Waals surface area contributed by atoms with Gasteiger partial charge in [0, 0.05) is 42.0 Å². The number of thiophene rings is 1. The smallest absolute Gasteiger partial charge is 0.410 e. The molecule has 0 radical (unpaired) electrons. The maximum absolute atomic E-state index is 15.6. The largest absolute Gasteiger partial charge is 0.444 e. The van der Waals surface area contributed by atoms with Crippen LogP contribution in [0.5, 0.6) is 0 Å². The van der Waals surface area contributed by atoms with E-state index in [0.717, 1.165) is 0 Å². The van der Waals surface area contributed by atoms with Crippen LogP contribution in [0.15, 0.2) is 42.7 Å². The summed E-state index contributed by atoms with van der Waals surface area (Å²) in [6.07, 6.45) is 3.81. The zero-order valence-corrected chi connectivity index (χ0v) is 23.9. The molecule has 1 aliphatic rings. The number of ether oxygens (including phenoxy) is 1. The topological polar surface area (TPSA) is 137 Å². The second-order valence-electron chi connectivity index (χ2n) is 10.9. The van der Waals surface area contributed by atoms with Crippen molar-refractivity contribution < 1.29 is 23.5 Å². The molecule has 11 nitrogen and oxygen atoms in total. The molecule has 13 heteroatoms. The van der Waals surface area contributed by atoms with Gasteiger partial charge in [0.05, 0.1) is 22.7 Å². The Morgan fingerprint density at radius 3 is 2.63 bits per heavy atom. The molecule has 1 fully saturated rings. The maximum atomic E-state index is 15.6. The number of likely N-dealkylation sites (tertiary alicyclic amines) is 1.